The van der Waals surface area contributed by atoms with E-state index in [9.17, 15) is 13.2 Å². The molecule has 0 fully saturated rings. The van der Waals surface area contributed by atoms with Gasteiger partial charge >= 0.3 is 5.97 Å². The first-order chi connectivity index (χ1) is 15.0. The molecule has 0 spiro atoms. The number of nitrogens with one attached hydrogen (secondary N) is 1. The third-order valence-electron chi connectivity index (χ3n) is 4.41. The number of hydrogen-bond donors (Lipinski definition) is 1. The molecule has 0 atom stereocenters. The summed E-state index contributed by atoms with van der Waals surface area (Å²) in [5, 5.41) is 1.25. The highest BCUT2D eigenvalue weighted by atomic mass is 35.5. The summed E-state index contributed by atoms with van der Waals surface area (Å²) in [6.45, 7) is 4.94. The molecule has 0 aliphatic carbocycles. The second-order valence-corrected chi connectivity index (χ2v) is 10.6. The van der Waals surface area contributed by atoms with Crippen LogP contribution in [0.2, 0.25) is 5.02 Å². The number of aromatic nitrogens is 1. The van der Waals surface area contributed by atoms with Gasteiger partial charge < -0.3 is 9.47 Å². The van der Waals surface area contributed by atoms with Crippen molar-refractivity contribution < 1.29 is 22.7 Å². The van der Waals surface area contributed by atoms with Crippen molar-refractivity contribution >= 4 is 54.8 Å². The Kier molecular flexibility index (Phi) is 7.10. The summed E-state index contributed by atoms with van der Waals surface area (Å²) in [4.78, 5) is 16.1. The third-order valence-corrected chi connectivity index (χ3v) is 6.94. The Labute approximate surface area is 195 Å². The number of hydrogen-bond acceptors (Lipinski definition) is 7. The van der Waals surface area contributed by atoms with Gasteiger partial charge in [-0.2, -0.15) is 0 Å². The van der Waals surface area contributed by atoms with Crippen LogP contribution >= 0.6 is 22.9 Å². The standard InChI is InChI=1S/C22H21ClN2O5S2/c1-14-24-19-10-8-17(13-20(19)31-14)32(27,28)25-18-9-7-16(23)12-15(18)6-5-11-30-22(2,3)21(26)29-4/h7-10,12-13,25H,11H2,1-4H3. The average molecular weight is 493 g/mol. The number of methoxy groups -OCH3 is 1. The fourth-order valence-corrected chi connectivity index (χ4v) is 4.97. The van der Waals surface area contributed by atoms with E-state index in [0.29, 0.717) is 10.6 Å². The van der Waals surface area contributed by atoms with Crippen molar-refractivity contribution in [1.82, 2.24) is 4.98 Å². The van der Waals surface area contributed by atoms with Gasteiger partial charge in [0.2, 0.25) is 0 Å². The molecule has 2 aromatic carbocycles. The molecule has 0 saturated carbocycles. The number of nitrogens with zero attached hydrogens (tertiary/aromatic N) is 1. The van der Waals surface area contributed by atoms with Gasteiger partial charge in [-0.3, -0.25) is 4.72 Å². The van der Waals surface area contributed by atoms with Gasteiger partial charge in [0.15, 0.2) is 5.60 Å². The van der Waals surface area contributed by atoms with Crippen LogP contribution in [0, 0.1) is 18.8 Å². The predicted octanol–water partition coefficient (Wildman–Crippen LogP) is 4.38. The fraction of sp³-hybridized carbons (Fsp3) is 0.273. The van der Waals surface area contributed by atoms with Gasteiger partial charge in [-0.1, -0.05) is 23.4 Å². The quantitative estimate of drug-likeness (QED) is 0.405. The Balaban J connectivity index is 1.83. The Morgan fingerprint density at radius 2 is 2.00 bits per heavy atom. The molecule has 7 nitrogen and oxygen atoms in total. The van der Waals surface area contributed by atoms with E-state index in [2.05, 4.69) is 26.3 Å². The van der Waals surface area contributed by atoms with Gasteiger partial charge in [0.1, 0.15) is 6.61 Å². The number of rotatable bonds is 6. The summed E-state index contributed by atoms with van der Waals surface area (Å²) in [6.07, 6.45) is 0. The number of ether oxygens (including phenoxy) is 2. The summed E-state index contributed by atoms with van der Waals surface area (Å²) >= 11 is 7.50. The molecule has 0 aliphatic heterocycles. The molecule has 0 unspecified atom stereocenters. The van der Waals surface area contributed by atoms with E-state index < -0.39 is 21.6 Å². The summed E-state index contributed by atoms with van der Waals surface area (Å²) in [5.74, 6) is 5.10. The molecule has 1 aromatic heterocycles. The van der Waals surface area contributed by atoms with Crippen LogP contribution in [0.25, 0.3) is 10.2 Å². The monoisotopic (exact) mass is 492 g/mol. The Morgan fingerprint density at radius 1 is 1.25 bits per heavy atom. The number of halogens is 1. The molecule has 0 bridgehead atoms. The number of anilines is 1. The minimum Gasteiger partial charge on any atom is -0.467 e. The normalized spacial score (nSPS) is 11.7. The largest absolute Gasteiger partial charge is 0.467 e. The van der Waals surface area contributed by atoms with E-state index >= 15 is 0 Å². The van der Waals surface area contributed by atoms with Crippen molar-refractivity contribution in [1.29, 1.82) is 0 Å². The van der Waals surface area contributed by atoms with E-state index in [-0.39, 0.29) is 17.2 Å². The van der Waals surface area contributed by atoms with E-state index in [1.54, 1.807) is 44.2 Å². The molecule has 0 aliphatic rings. The molecule has 0 radical (unpaired) electrons. The number of sulfonamides is 1. The second kappa shape index (κ2) is 9.46. The average Bonchev–Trinajstić information content (AvgIpc) is 3.11. The Morgan fingerprint density at radius 3 is 2.72 bits per heavy atom. The van der Waals surface area contributed by atoms with Gasteiger partial charge in [0.05, 0.1) is 38.5 Å². The second-order valence-electron chi connectivity index (χ2n) is 7.25. The molecule has 168 valence electrons. The van der Waals surface area contributed by atoms with E-state index in [0.717, 1.165) is 15.2 Å². The lowest BCUT2D eigenvalue weighted by Gasteiger charge is -2.20. The van der Waals surface area contributed by atoms with Crippen LogP contribution in [0.3, 0.4) is 0 Å². The topological polar surface area (TPSA) is 94.6 Å². The zero-order valence-electron chi connectivity index (χ0n) is 17.9. The van der Waals surface area contributed by atoms with Crippen LogP contribution in [0.4, 0.5) is 5.69 Å². The van der Waals surface area contributed by atoms with Gasteiger partial charge in [-0.15, -0.1) is 11.3 Å². The molecule has 3 aromatic rings. The van der Waals surface area contributed by atoms with E-state index in [4.69, 9.17) is 16.3 Å². The van der Waals surface area contributed by atoms with E-state index in [1.807, 2.05) is 6.92 Å². The summed E-state index contributed by atoms with van der Waals surface area (Å²) in [7, 11) is -2.60. The molecule has 1 heterocycles. The first-order valence-electron chi connectivity index (χ1n) is 9.42. The fourth-order valence-electron chi connectivity index (χ4n) is 2.75. The highest BCUT2D eigenvalue weighted by molar-refractivity contribution is 7.92. The molecule has 1 N–H and O–H groups in total. The zero-order valence-corrected chi connectivity index (χ0v) is 20.2. The molecule has 0 saturated heterocycles. The number of benzene rings is 2. The first kappa shape index (κ1) is 24.0. The van der Waals surface area contributed by atoms with Crippen molar-refractivity contribution in [2.24, 2.45) is 0 Å². The minimum atomic E-state index is -3.87. The van der Waals surface area contributed by atoms with Crippen LogP contribution in [-0.2, 0) is 24.3 Å². The van der Waals surface area contributed by atoms with Gasteiger partial charge in [-0.25, -0.2) is 18.2 Å². The van der Waals surface area contributed by atoms with E-state index in [1.165, 1.54) is 24.5 Å². The van der Waals surface area contributed by atoms with Crippen LogP contribution in [0.15, 0.2) is 41.3 Å². The molecular weight excluding hydrogens is 472 g/mol. The maximum atomic E-state index is 13.0. The number of esters is 1. The van der Waals surface area contributed by atoms with Crippen LogP contribution in [0.5, 0.6) is 0 Å². The SMILES string of the molecule is COC(=O)C(C)(C)OCC#Cc1cc(Cl)ccc1NS(=O)(=O)c1ccc2nc(C)sc2c1. The van der Waals surface area contributed by atoms with Gasteiger partial charge in [0, 0.05) is 5.02 Å². The minimum absolute atomic E-state index is 0.0673. The first-order valence-corrected chi connectivity index (χ1v) is 12.1. The lowest BCUT2D eigenvalue weighted by Crippen LogP contribution is -2.36. The van der Waals surface area contributed by atoms with Crippen molar-refractivity contribution in [3.8, 4) is 11.8 Å². The molecular formula is C22H21ClN2O5S2. The Hall–Kier alpha value is -2.64. The predicted molar refractivity (Wildman–Crippen MR) is 126 cm³/mol. The van der Waals surface area contributed by atoms with Crippen LogP contribution in [0.1, 0.15) is 24.4 Å². The van der Waals surface area contributed by atoms with Crippen molar-refractivity contribution in [3.05, 3.63) is 52.0 Å². The molecule has 3 rings (SSSR count). The van der Waals surface area contributed by atoms with Gasteiger partial charge in [0.25, 0.3) is 10.0 Å². The molecule has 0 amide bonds. The highest BCUT2D eigenvalue weighted by Gasteiger charge is 2.29. The summed E-state index contributed by atoms with van der Waals surface area (Å²) in [5.41, 5.74) is 0.236. The number of carbonyl (C=O) groups is 1. The number of thiazole rings is 1. The number of fused-ring (bicyclic) bond motifs is 1. The number of aryl methyl sites for hydroxylation is 1. The maximum absolute atomic E-state index is 13.0. The number of carbonyl (C=O) groups excluding carboxylic acids is 1. The summed E-state index contributed by atoms with van der Waals surface area (Å²) in [6, 6.07) is 9.43. The lowest BCUT2D eigenvalue weighted by atomic mass is 10.1. The third kappa shape index (κ3) is 5.58. The van der Waals surface area contributed by atoms with Crippen LogP contribution < -0.4 is 4.72 Å². The Bertz CT molecular complexity index is 1340. The maximum Gasteiger partial charge on any atom is 0.337 e. The van der Waals surface area contributed by atoms with Crippen molar-refractivity contribution in [2.75, 3.05) is 18.4 Å². The van der Waals surface area contributed by atoms with Gasteiger partial charge in [-0.05, 0) is 57.2 Å². The molecule has 10 heteroatoms. The summed E-state index contributed by atoms with van der Waals surface area (Å²) < 4.78 is 39.4. The smallest absolute Gasteiger partial charge is 0.337 e. The van der Waals surface area contributed by atoms with Crippen LogP contribution in [-0.4, -0.2) is 38.7 Å². The van der Waals surface area contributed by atoms with Crippen molar-refractivity contribution in [2.45, 2.75) is 31.3 Å². The zero-order chi connectivity index (χ0) is 23.5. The van der Waals surface area contributed by atoms with Crippen molar-refractivity contribution in [3.63, 3.8) is 0 Å². The molecule has 32 heavy (non-hydrogen) atoms. The highest BCUT2D eigenvalue weighted by Crippen LogP contribution is 2.27. The lowest BCUT2D eigenvalue weighted by molar-refractivity contribution is -0.163.